The van der Waals surface area contributed by atoms with E-state index >= 15 is 0 Å². The van der Waals surface area contributed by atoms with Crippen LogP contribution in [-0.4, -0.2) is 28.9 Å². The summed E-state index contributed by atoms with van der Waals surface area (Å²) < 4.78 is 0. The largest absolute Gasteiger partial charge is 0.302 e. The van der Waals surface area contributed by atoms with Crippen LogP contribution >= 0.6 is 11.3 Å². The minimum absolute atomic E-state index is 0.115. The third kappa shape index (κ3) is 4.14. The van der Waals surface area contributed by atoms with Crippen molar-refractivity contribution in [2.75, 3.05) is 18.4 Å². The molecule has 5 heteroatoms. The SMILES string of the molecule is O=C(Nc1nc(CN2CCCCC2)cs1)[C@@H]1CC=CCC1. The lowest BCUT2D eigenvalue weighted by atomic mass is 9.94. The summed E-state index contributed by atoms with van der Waals surface area (Å²) in [5, 5.41) is 5.81. The van der Waals surface area contributed by atoms with Gasteiger partial charge in [-0.05, 0) is 45.2 Å². The zero-order valence-corrected chi connectivity index (χ0v) is 13.2. The van der Waals surface area contributed by atoms with Crippen molar-refractivity contribution in [1.29, 1.82) is 0 Å². The maximum absolute atomic E-state index is 12.2. The Bertz CT molecular complexity index is 505. The second kappa shape index (κ2) is 7.18. The first-order chi connectivity index (χ1) is 10.3. The molecule has 4 nitrogen and oxygen atoms in total. The van der Waals surface area contributed by atoms with E-state index in [1.54, 1.807) is 11.3 Å². The van der Waals surface area contributed by atoms with Gasteiger partial charge in [-0.3, -0.25) is 9.69 Å². The highest BCUT2D eigenvalue weighted by Gasteiger charge is 2.20. The maximum atomic E-state index is 12.2. The Labute approximate surface area is 130 Å². The second-order valence-corrected chi connectivity index (χ2v) is 6.81. The molecular weight excluding hydrogens is 282 g/mol. The van der Waals surface area contributed by atoms with Crippen molar-refractivity contribution in [2.45, 2.75) is 45.1 Å². The third-order valence-electron chi connectivity index (χ3n) is 4.26. The highest BCUT2D eigenvalue weighted by molar-refractivity contribution is 7.13. The molecule has 21 heavy (non-hydrogen) atoms. The molecule has 0 aromatic carbocycles. The Morgan fingerprint density at radius 3 is 2.95 bits per heavy atom. The maximum Gasteiger partial charge on any atom is 0.229 e. The zero-order valence-electron chi connectivity index (χ0n) is 12.4. The number of rotatable bonds is 4. The summed E-state index contributed by atoms with van der Waals surface area (Å²) in [4.78, 5) is 19.2. The fourth-order valence-electron chi connectivity index (χ4n) is 3.02. The number of nitrogens with zero attached hydrogens (tertiary/aromatic N) is 2. The van der Waals surface area contributed by atoms with Gasteiger partial charge in [0.1, 0.15) is 0 Å². The van der Waals surface area contributed by atoms with Crippen molar-refractivity contribution in [1.82, 2.24) is 9.88 Å². The summed E-state index contributed by atoms with van der Waals surface area (Å²) in [5.41, 5.74) is 1.08. The first-order valence-electron chi connectivity index (χ1n) is 7.94. The minimum Gasteiger partial charge on any atom is -0.302 e. The molecule has 1 aromatic rings. The van der Waals surface area contributed by atoms with Crippen molar-refractivity contribution in [2.24, 2.45) is 5.92 Å². The number of hydrogen-bond acceptors (Lipinski definition) is 4. The van der Waals surface area contributed by atoms with Crippen molar-refractivity contribution >= 4 is 22.4 Å². The van der Waals surface area contributed by atoms with E-state index in [-0.39, 0.29) is 11.8 Å². The number of carbonyl (C=O) groups excluding carboxylic acids is 1. The fraction of sp³-hybridized carbons (Fsp3) is 0.625. The number of thiazole rings is 1. The molecule has 2 heterocycles. The summed E-state index contributed by atoms with van der Waals surface area (Å²) in [6.45, 7) is 3.26. The van der Waals surface area contributed by atoms with Gasteiger partial charge in [0.25, 0.3) is 0 Å². The quantitative estimate of drug-likeness (QED) is 0.867. The van der Waals surface area contributed by atoms with Gasteiger partial charge in [-0.1, -0.05) is 18.6 Å². The van der Waals surface area contributed by atoms with E-state index in [9.17, 15) is 4.79 Å². The predicted octanol–water partition coefficient (Wildman–Crippen LogP) is 3.42. The average molecular weight is 305 g/mol. The van der Waals surface area contributed by atoms with Crippen molar-refractivity contribution in [3.63, 3.8) is 0 Å². The van der Waals surface area contributed by atoms with E-state index in [1.807, 2.05) is 0 Å². The number of hydrogen-bond donors (Lipinski definition) is 1. The molecule has 0 unspecified atom stereocenters. The molecule has 114 valence electrons. The van der Waals surface area contributed by atoms with Crippen LogP contribution < -0.4 is 5.32 Å². The molecule has 0 saturated carbocycles. The summed E-state index contributed by atoms with van der Waals surface area (Å²) >= 11 is 1.54. The molecule has 1 aromatic heterocycles. The zero-order chi connectivity index (χ0) is 14.5. The van der Waals surface area contributed by atoms with Gasteiger partial charge < -0.3 is 5.32 Å². The van der Waals surface area contributed by atoms with Crippen LogP contribution in [0, 0.1) is 5.92 Å². The fourth-order valence-corrected chi connectivity index (χ4v) is 3.73. The van der Waals surface area contributed by atoms with Crippen LogP contribution in [0.3, 0.4) is 0 Å². The predicted molar refractivity (Wildman–Crippen MR) is 86.4 cm³/mol. The Hall–Kier alpha value is -1.20. The second-order valence-electron chi connectivity index (χ2n) is 5.95. The Morgan fingerprint density at radius 2 is 2.19 bits per heavy atom. The third-order valence-corrected chi connectivity index (χ3v) is 5.06. The average Bonchev–Trinajstić information content (AvgIpc) is 2.96. The van der Waals surface area contributed by atoms with Gasteiger partial charge in [0, 0.05) is 17.8 Å². The Morgan fingerprint density at radius 1 is 1.33 bits per heavy atom. The molecule has 1 aliphatic heterocycles. The number of amides is 1. The van der Waals surface area contributed by atoms with E-state index in [0.717, 1.165) is 36.6 Å². The normalized spacial score (nSPS) is 23.1. The van der Waals surface area contributed by atoms with Crippen LogP contribution in [0.15, 0.2) is 17.5 Å². The summed E-state index contributed by atoms with van der Waals surface area (Å²) in [6.07, 6.45) is 11.0. The van der Waals surface area contributed by atoms with Crippen LogP contribution in [0.25, 0.3) is 0 Å². The first kappa shape index (κ1) is 14.7. The lowest BCUT2D eigenvalue weighted by molar-refractivity contribution is -0.120. The molecule has 1 N–H and O–H groups in total. The number of aromatic nitrogens is 1. The molecule has 1 atom stereocenters. The van der Waals surface area contributed by atoms with Gasteiger partial charge in [0.05, 0.1) is 5.69 Å². The molecule has 0 spiro atoms. The molecule has 1 amide bonds. The molecule has 1 fully saturated rings. The lowest BCUT2D eigenvalue weighted by Gasteiger charge is -2.25. The van der Waals surface area contributed by atoms with Crippen LogP contribution in [-0.2, 0) is 11.3 Å². The number of likely N-dealkylation sites (tertiary alicyclic amines) is 1. The molecule has 2 aliphatic rings. The molecular formula is C16H23N3OS. The topological polar surface area (TPSA) is 45.2 Å². The Kier molecular flexibility index (Phi) is 5.04. The van der Waals surface area contributed by atoms with E-state index < -0.39 is 0 Å². The highest BCUT2D eigenvalue weighted by Crippen LogP contribution is 2.23. The molecule has 3 rings (SSSR count). The molecule has 0 bridgehead atoms. The smallest absolute Gasteiger partial charge is 0.229 e. The first-order valence-corrected chi connectivity index (χ1v) is 8.82. The van der Waals surface area contributed by atoms with Gasteiger partial charge in [-0.2, -0.15) is 0 Å². The number of anilines is 1. The van der Waals surface area contributed by atoms with Crippen LogP contribution in [0.2, 0.25) is 0 Å². The van der Waals surface area contributed by atoms with Crippen molar-refractivity contribution in [3.8, 4) is 0 Å². The van der Waals surface area contributed by atoms with Crippen LogP contribution in [0.5, 0.6) is 0 Å². The monoisotopic (exact) mass is 305 g/mol. The summed E-state index contributed by atoms with van der Waals surface area (Å²) in [7, 11) is 0. The van der Waals surface area contributed by atoms with Gasteiger partial charge >= 0.3 is 0 Å². The van der Waals surface area contributed by atoms with E-state index in [4.69, 9.17) is 0 Å². The van der Waals surface area contributed by atoms with Crippen LogP contribution in [0.4, 0.5) is 5.13 Å². The van der Waals surface area contributed by atoms with E-state index in [0.29, 0.717) is 0 Å². The number of nitrogens with one attached hydrogen (secondary N) is 1. The molecule has 0 radical (unpaired) electrons. The van der Waals surface area contributed by atoms with Gasteiger partial charge in [0.15, 0.2) is 5.13 Å². The van der Waals surface area contributed by atoms with Crippen LogP contribution in [0.1, 0.15) is 44.2 Å². The van der Waals surface area contributed by atoms with Gasteiger partial charge in [-0.25, -0.2) is 4.98 Å². The summed E-state index contributed by atoms with van der Waals surface area (Å²) in [5.74, 6) is 0.239. The van der Waals surface area contributed by atoms with Gasteiger partial charge in [0.2, 0.25) is 5.91 Å². The summed E-state index contributed by atoms with van der Waals surface area (Å²) in [6, 6.07) is 0. The standard InChI is InChI=1S/C16H23N3OS/c20-15(13-7-3-1-4-8-13)18-16-17-14(12-21-16)11-19-9-5-2-6-10-19/h1,3,12-13H,2,4-11H2,(H,17,18,20)/t13-/m1/s1. The van der Waals surface area contributed by atoms with Crippen molar-refractivity contribution < 1.29 is 4.79 Å². The lowest BCUT2D eigenvalue weighted by Crippen LogP contribution is -2.29. The van der Waals surface area contributed by atoms with E-state index in [1.165, 1.54) is 32.4 Å². The molecule has 1 aliphatic carbocycles. The minimum atomic E-state index is 0.115. The molecule has 1 saturated heterocycles. The number of allylic oxidation sites excluding steroid dienone is 2. The van der Waals surface area contributed by atoms with Crippen molar-refractivity contribution in [3.05, 3.63) is 23.2 Å². The number of carbonyl (C=O) groups is 1. The Balaban J connectivity index is 1.52. The highest BCUT2D eigenvalue weighted by atomic mass is 32.1. The van der Waals surface area contributed by atoms with Gasteiger partial charge in [-0.15, -0.1) is 11.3 Å². The van der Waals surface area contributed by atoms with E-state index in [2.05, 4.69) is 32.7 Å². The number of piperidine rings is 1.